The SMILES string of the molecule is c1ccc2cc(-c3nc(-c4ccc5ccccc5c4)nc(-c4cccc5oc6c7ccccc7c(-c7ccc8ccccc8c7)cc6c45)n3)ccc2c1. The van der Waals surface area contributed by atoms with E-state index in [2.05, 4.69) is 164 Å². The Morgan fingerprint density at radius 2 is 0.811 bits per heavy atom. The first-order valence-corrected chi connectivity index (χ1v) is 17.8. The van der Waals surface area contributed by atoms with Crippen LogP contribution in [0.5, 0.6) is 0 Å². The maximum atomic E-state index is 6.74. The predicted molar refractivity (Wildman–Crippen MR) is 219 cm³/mol. The molecule has 0 unspecified atom stereocenters. The van der Waals surface area contributed by atoms with E-state index in [4.69, 9.17) is 19.4 Å². The summed E-state index contributed by atoms with van der Waals surface area (Å²) in [4.78, 5) is 15.6. The fourth-order valence-corrected chi connectivity index (χ4v) is 7.84. The number of benzene rings is 9. The molecule has 0 aliphatic carbocycles. The lowest BCUT2D eigenvalue weighted by molar-refractivity contribution is 0.673. The molecular weight excluding hydrogens is 647 g/mol. The second-order valence-corrected chi connectivity index (χ2v) is 13.6. The Bertz CT molecular complexity index is 3150. The van der Waals surface area contributed by atoms with Gasteiger partial charge in [0.05, 0.1) is 0 Å². The molecule has 53 heavy (non-hydrogen) atoms. The van der Waals surface area contributed by atoms with Crippen molar-refractivity contribution in [3.05, 3.63) is 176 Å². The lowest BCUT2D eigenvalue weighted by atomic mass is 9.93. The van der Waals surface area contributed by atoms with Crippen LogP contribution in [-0.2, 0) is 0 Å². The Hall–Kier alpha value is -7.17. The Balaban J connectivity index is 1.18. The second-order valence-electron chi connectivity index (χ2n) is 13.6. The first kappa shape index (κ1) is 29.5. The lowest BCUT2D eigenvalue weighted by Gasteiger charge is -2.11. The van der Waals surface area contributed by atoms with Crippen molar-refractivity contribution >= 4 is 65.0 Å². The Morgan fingerprint density at radius 1 is 0.321 bits per heavy atom. The van der Waals surface area contributed by atoms with Crippen LogP contribution in [0.25, 0.3) is 110 Å². The van der Waals surface area contributed by atoms with Gasteiger partial charge in [0, 0.05) is 32.8 Å². The molecule has 4 nitrogen and oxygen atoms in total. The minimum atomic E-state index is 0.597. The van der Waals surface area contributed by atoms with Crippen molar-refractivity contribution in [1.29, 1.82) is 0 Å². The van der Waals surface area contributed by atoms with E-state index in [0.29, 0.717) is 17.5 Å². The molecular formula is C49H29N3O. The van der Waals surface area contributed by atoms with Gasteiger partial charge in [0.2, 0.25) is 0 Å². The van der Waals surface area contributed by atoms with Crippen LogP contribution in [0.2, 0.25) is 0 Å². The molecule has 0 spiro atoms. The van der Waals surface area contributed by atoms with Gasteiger partial charge in [-0.1, -0.05) is 146 Å². The minimum Gasteiger partial charge on any atom is -0.455 e. The van der Waals surface area contributed by atoms with E-state index in [9.17, 15) is 0 Å². The smallest absolute Gasteiger partial charge is 0.164 e. The van der Waals surface area contributed by atoms with Crippen LogP contribution in [0.3, 0.4) is 0 Å². The van der Waals surface area contributed by atoms with E-state index < -0.39 is 0 Å². The van der Waals surface area contributed by atoms with Crippen molar-refractivity contribution in [3.8, 4) is 45.3 Å². The van der Waals surface area contributed by atoms with Crippen molar-refractivity contribution < 1.29 is 4.42 Å². The van der Waals surface area contributed by atoms with E-state index in [1.54, 1.807) is 0 Å². The molecule has 0 saturated heterocycles. The molecule has 246 valence electrons. The zero-order valence-electron chi connectivity index (χ0n) is 28.5. The topological polar surface area (TPSA) is 51.8 Å². The second kappa shape index (κ2) is 11.7. The maximum absolute atomic E-state index is 6.74. The standard InChI is InChI=1S/C49H29N3O/c1-4-13-33-26-36(23-20-30(33)10-1)42-29-43-45-41(18-9-19-44(45)53-46(43)40-17-8-7-16-39(40)42)49-51-47(37-24-21-31-11-2-5-14-34(31)27-37)50-48(52-49)38-25-22-32-12-3-6-15-35(32)28-38/h1-29H. The summed E-state index contributed by atoms with van der Waals surface area (Å²) in [5.74, 6) is 1.84. The van der Waals surface area contributed by atoms with E-state index in [-0.39, 0.29) is 0 Å². The summed E-state index contributed by atoms with van der Waals surface area (Å²) in [5, 5.41) is 11.3. The minimum absolute atomic E-state index is 0.597. The first-order chi connectivity index (χ1) is 26.2. The Labute approximate surface area is 304 Å². The molecule has 2 heterocycles. The molecule has 4 heteroatoms. The summed E-state index contributed by atoms with van der Waals surface area (Å²) in [6.07, 6.45) is 0. The van der Waals surface area contributed by atoms with Crippen LogP contribution >= 0.6 is 0 Å². The van der Waals surface area contributed by atoms with Crippen molar-refractivity contribution in [1.82, 2.24) is 15.0 Å². The van der Waals surface area contributed by atoms with Crippen LogP contribution in [0.4, 0.5) is 0 Å². The van der Waals surface area contributed by atoms with Crippen LogP contribution in [0, 0.1) is 0 Å². The average molecular weight is 676 g/mol. The third kappa shape index (κ3) is 4.88. The number of hydrogen-bond donors (Lipinski definition) is 0. The van der Waals surface area contributed by atoms with Gasteiger partial charge in [0.25, 0.3) is 0 Å². The van der Waals surface area contributed by atoms with E-state index in [1.165, 1.54) is 21.5 Å². The van der Waals surface area contributed by atoms with Crippen LogP contribution in [-0.4, -0.2) is 15.0 Å². The van der Waals surface area contributed by atoms with Gasteiger partial charge in [0.15, 0.2) is 17.5 Å². The molecule has 0 aliphatic rings. The van der Waals surface area contributed by atoms with E-state index in [1.807, 2.05) is 12.1 Å². The summed E-state index contributed by atoms with van der Waals surface area (Å²) in [6, 6.07) is 61.7. The van der Waals surface area contributed by atoms with Gasteiger partial charge in [-0.25, -0.2) is 15.0 Å². The van der Waals surface area contributed by atoms with Crippen molar-refractivity contribution in [2.75, 3.05) is 0 Å². The van der Waals surface area contributed by atoms with E-state index in [0.717, 1.165) is 71.3 Å². The number of fused-ring (bicyclic) bond motifs is 8. The highest BCUT2D eigenvalue weighted by Crippen LogP contribution is 2.43. The number of rotatable bonds is 4. The molecule has 0 saturated carbocycles. The molecule has 0 bridgehead atoms. The highest BCUT2D eigenvalue weighted by Gasteiger charge is 2.21. The van der Waals surface area contributed by atoms with E-state index >= 15 is 0 Å². The molecule has 2 aromatic heterocycles. The van der Waals surface area contributed by atoms with Gasteiger partial charge in [0.1, 0.15) is 11.2 Å². The fourth-order valence-electron chi connectivity index (χ4n) is 7.84. The summed E-state index contributed by atoms with van der Waals surface area (Å²) >= 11 is 0. The van der Waals surface area contributed by atoms with Gasteiger partial charge >= 0.3 is 0 Å². The number of furan rings is 1. The lowest BCUT2D eigenvalue weighted by Crippen LogP contribution is -2.00. The Kier molecular flexibility index (Phi) is 6.52. The molecule has 11 rings (SSSR count). The molecule has 0 amide bonds. The monoisotopic (exact) mass is 675 g/mol. The van der Waals surface area contributed by atoms with Gasteiger partial charge < -0.3 is 4.42 Å². The van der Waals surface area contributed by atoms with Gasteiger partial charge in [-0.2, -0.15) is 0 Å². The number of nitrogens with zero attached hydrogens (tertiary/aromatic N) is 3. The number of hydrogen-bond acceptors (Lipinski definition) is 4. The van der Waals surface area contributed by atoms with Crippen molar-refractivity contribution in [2.24, 2.45) is 0 Å². The molecule has 11 aromatic rings. The van der Waals surface area contributed by atoms with Gasteiger partial charge in [-0.15, -0.1) is 0 Å². The van der Waals surface area contributed by atoms with Crippen molar-refractivity contribution in [2.45, 2.75) is 0 Å². The van der Waals surface area contributed by atoms with Crippen LogP contribution in [0.1, 0.15) is 0 Å². The summed E-state index contributed by atoms with van der Waals surface area (Å²) in [7, 11) is 0. The molecule has 0 N–H and O–H groups in total. The normalized spacial score (nSPS) is 11.8. The summed E-state index contributed by atoms with van der Waals surface area (Å²) < 4.78 is 6.74. The quantitative estimate of drug-likeness (QED) is 0.186. The Morgan fingerprint density at radius 3 is 1.42 bits per heavy atom. The van der Waals surface area contributed by atoms with Crippen LogP contribution in [0.15, 0.2) is 180 Å². The third-order valence-electron chi connectivity index (χ3n) is 10.5. The molecule has 0 aliphatic heterocycles. The number of aromatic nitrogens is 3. The molecule has 0 atom stereocenters. The molecule has 9 aromatic carbocycles. The first-order valence-electron chi connectivity index (χ1n) is 17.8. The zero-order chi connectivity index (χ0) is 34.9. The predicted octanol–water partition coefficient (Wildman–Crippen LogP) is 13.1. The fraction of sp³-hybridized carbons (Fsp3) is 0. The maximum Gasteiger partial charge on any atom is 0.164 e. The summed E-state index contributed by atoms with van der Waals surface area (Å²) in [5.41, 5.74) is 6.72. The third-order valence-corrected chi connectivity index (χ3v) is 10.5. The molecule has 0 radical (unpaired) electrons. The van der Waals surface area contributed by atoms with Crippen molar-refractivity contribution in [3.63, 3.8) is 0 Å². The average Bonchev–Trinajstić information content (AvgIpc) is 3.62. The van der Waals surface area contributed by atoms with Gasteiger partial charge in [-0.3, -0.25) is 0 Å². The molecule has 0 fully saturated rings. The summed E-state index contributed by atoms with van der Waals surface area (Å²) in [6.45, 7) is 0. The largest absolute Gasteiger partial charge is 0.455 e. The highest BCUT2D eigenvalue weighted by molar-refractivity contribution is 6.22. The van der Waals surface area contributed by atoms with Gasteiger partial charge in [-0.05, 0) is 79.2 Å². The van der Waals surface area contributed by atoms with Crippen LogP contribution < -0.4 is 0 Å². The highest BCUT2D eigenvalue weighted by atomic mass is 16.3. The zero-order valence-corrected chi connectivity index (χ0v) is 28.5.